The molecule has 3 rings (SSSR count). The Bertz CT molecular complexity index is 773. The first-order valence-corrected chi connectivity index (χ1v) is 8.00. The zero-order valence-electron chi connectivity index (χ0n) is 14.2. The van der Waals surface area contributed by atoms with Crippen LogP contribution in [0.5, 0.6) is 11.5 Å². The predicted molar refractivity (Wildman–Crippen MR) is 95.1 cm³/mol. The molecule has 2 aromatic carbocycles. The molecule has 6 heteroatoms. The smallest absolute Gasteiger partial charge is 0.229 e. The maximum Gasteiger partial charge on any atom is 0.229 e. The molecular weight excluding hydrogens is 320 g/mol. The Morgan fingerprint density at radius 3 is 2.48 bits per heavy atom. The number of amides is 2. The Labute approximate surface area is 146 Å². The molecule has 2 aromatic rings. The van der Waals surface area contributed by atoms with Gasteiger partial charge in [-0.1, -0.05) is 6.07 Å². The summed E-state index contributed by atoms with van der Waals surface area (Å²) in [7, 11) is 3.16. The summed E-state index contributed by atoms with van der Waals surface area (Å²) < 4.78 is 10.3. The number of rotatable bonds is 5. The van der Waals surface area contributed by atoms with E-state index in [2.05, 4.69) is 5.32 Å². The van der Waals surface area contributed by atoms with E-state index in [4.69, 9.17) is 9.47 Å². The van der Waals surface area contributed by atoms with E-state index in [0.717, 1.165) is 11.4 Å². The number of hydrogen-bond acceptors (Lipinski definition) is 4. The van der Waals surface area contributed by atoms with Gasteiger partial charge < -0.3 is 19.7 Å². The summed E-state index contributed by atoms with van der Waals surface area (Å²) in [5, 5.41) is 2.85. The fourth-order valence-electron chi connectivity index (χ4n) is 2.84. The summed E-state index contributed by atoms with van der Waals surface area (Å²) in [4.78, 5) is 26.4. The van der Waals surface area contributed by atoms with E-state index >= 15 is 0 Å². The van der Waals surface area contributed by atoms with Crippen LogP contribution >= 0.6 is 0 Å². The Hall–Kier alpha value is -3.02. The molecule has 1 atom stereocenters. The van der Waals surface area contributed by atoms with E-state index in [-0.39, 0.29) is 24.2 Å². The number of carbonyl (C=O) groups is 2. The molecule has 2 amide bonds. The van der Waals surface area contributed by atoms with Gasteiger partial charge in [-0.05, 0) is 36.4 Å². The van der Waals surface area contributed by atoms with E-state index in [0.29, 0.717) is 18.0 Å². The van der Waals surface area contributed by atoms with Crippen LogP contribution in [-0.2, 0) is 9.59 Å². The third kappa shape index (κ3) is 3.74. The number of methoxy groups -OCH3 is 2. The molecule has 0 saturated carbocycles. The molecule has 130 valence electrons. The quantitative estimate of drug-likeness (QED) is 0.909. The normalized spacial score (nSPS) is 16.6. The van der Waals surface area contributed by atoms with Crippen molar-refractivity contribution in [2.45, 2.75) is 6.42 Å². The van der Waals surface area contributed by atoms with Gasteiger partial charge in [0.15, 0.2) is 0 Å². The zero-order chi connectivity index (χ0) is 17.8. The molecule has 0 bridgehead atoms. The first-order chi connectivity index (χ1) is 12.1. The van der Waals surface area contributed by atoms with Gasteiger partial charge in [0, 0.05) is 30.4 Å². The summed E-state index contributed by atoms with van der Waals surface area (Å²) in [5.74, 6) is 0.775. The van der Waals surface area contributed by atoms with Crippen LogP contribution in [0.3, 0.4) is 0 Å². The van der Waals surface area contributed by atoms with Crippen molar-refractivity contribution in [3.05, 3.63) is 48.5 Å². The van der Waals surface area contributed by atoms with Gasteiger partial charge in [0.25, 0.3) is 0 Å². The topological polar surface area (TPSA) is 67.9 Å². The average Bonchev–Trinajstić information content (AvgIpc) is 3.04. The lowest BCUT2D eigenvalue weighted by atomic mass is 10.1. The maximum atomic E-state index is 12.5. The number of benzene rings is 2. The van der Waals surface area contributed by atoms with Crippen LogP contribution in [0.25, 0.3) is 0 Å². The first kappa shape index (κ1) is 16.8. The van der Waals surface area contributed by atoms with Gasteiger partial charge in [0.1, 0.15) is 11.5 Å². The first-order valence-electron chi connectivity index (χ1n) is 8.00. The molecule has 25 heavy (non-hydrogen) atoms. The molecule has 1 aliphatic rings. The van der Waals surface area contributed by atoms with Crippen LogP contribution in [0.4, 0.5) is 11.4 Å². The minimum absolute atomic E-state index is 0.0593. The van der Waals surface area contributed by atoms with Crippen molar-refractivity contribution >= 4 is 23.2 Å². The largest absolute Gasteiger partial charge is 0.497 e. The van der Waals surface area contributed by atoms with Crippen LogP contribution < -0.4 is 19.7 Å². The number of anilines is 2. The summed E-state index contributed by atoms with van der Waals surface area (Å²) in [6.07, 6.45) is 0.196. The molecule has 0 aliphatic carbocycles. The van der Waals surface area contributed by atoms with Crippen molar-refractivity contribution in [3.63, 3.8) is 0 Å². The Morgan fingerprint density at radius 1 is 1.08 bits per heavy atom. The minimum Gasteiger partial charge on any atom is -0.497 e. The highest BCUT2D eigenvalue weighted by atomic mass is 16.5. The van der Waals surface area contributed by atoms with Crippen molar-refractivity contribution < 1.29 is 19.1 Å². The average molecular weight is 340 g/mol. The summed E-state index contributed by atoms with van der Waals surface area (Å²) in [6.45, 7) is 0.362. The summed E-state index contributed by atoms with van der Waals surface area (Å²) in [6, 6.07) is 14.4. The van der Waals surface area contributed by atoms with Gasteiger partial charge in [-0.15, -0.1) is 0 Å². The second-order valence-electron chi connectivity index (χ2n) is 5.82. The van der Waals surface area contributed by atoms with E-state index in [9.17, 15) is 9.59 Å². The number of carbonyl (C=O) groups excluding carboxylic acids is 2. The van der Waals surface area contributed by atoms with E-state index < -0.39 is 0 Å². The molecule has 1 fully saturated rings. The van der Waals surface area contributed by atoms with Crippen LogP contribution in [-0.4, -0.2) is 32.6 Å². The van der Waals surface area contributed by atoms with Crippen molar-refractivity contribution in [2.75, 3.05) is 31.0 Å². The van der Waals surface area contributed by atoms with Crippen LogP contribution in [0.15, 0.2) is 48.5 Å². The molecule has 1 saturated heterocycles. The van der Waals surface area contributed by atoms with Crippen molar-refractivity contribution in [1.29, 1.82) is 0 Å². The lowest BCUT2D eigenvalue weighted by Crippen LogP contribution is -2.28. The second-order valence-corrected chi connectivity index (χ2v) is 5.82. The molecule has 1 heterocycles. The molecular formula is C19H20N2O4. The van der Waals surface area contributed by atoms with Crippen LogP contribution in [0.2, 0.25) is 0 Å². The molecule has 6 nitrogen and oxygen atoms in total. The summed E-state index contributed by atoms with van der Waals surface area (Å²) in [5.41, 5.74) is 1.42. The van der Waals surface area contributed by atoms with Gasteiger partial charge in [-0.25, -0.2) is 0 Å². The van der Waals surface area contributed by atoms with E-state index in [1.807, 2.05) is 12.1 Å². The number of nitrogens with one attached hydrogen (secondary N) is 1. The lowest BCUT2D eigenvalue weighted by molar-refractivity contribution is -0.122. The third-order valence-corrected chi connectivity index (χ3v) is 4.22. The fourth-order valence-corrected chi connectivity index (χ4v) is 2.84. The highest BCUT2D eigenvalue weighted by Crippen LogP contribution is 2.28. The van der Waals surface area contributed by atoms with Crippen LogP contribution in [0.1, 0.15) is 6.42 Å². The van der Waals surface area contributed by atoms with E-state index in [1.165, 1.54) is 0 Å². The molecule has 1 aliphatic heterocycles. The van der Waals surface area contributed by atoms with Crippen molar-refractivity contribution in [2.24, 2.45) is 5.92 Å². The van der Waals surface area contributed by atoms with Crippen molar-refractivity contribution in [3.8, 4) is 11.5 Å². The Morgan fingerprint density at radius 2 is 1.80 bits per heavy atom. The Kier molecular flexibility index (Phi) is 4.88. The third-order valence-electron chi connectivity index (χ3n) is 4.22. The van der Waals surface area contributed by atoms with Gasteiger partial charge in [-0.3, -0.25) is 9.59 Å². The monoisotopic (exact) mass is 340 g/mol. The second kappa shape index (κ2) is 7.25. The standard InChI is InChI=1S/C19H20N2O4/c1-24-16-8-6-15(7-9-16)21-12-13(10-18(21)22)19(23)20-14-4-3-5-17(11-14)25-2/h3-9,11,13H,10,12H2,1-2H3,(H,20,23). The molecule has 1 unspecified atom stereocenters. The number of ether oxygens (including phenoxy) is 2. The minimum atomic E-state index is -0.388. The summed E-state index contributed by atoms with van der Waals surface area (Å²) >= 11 is 0. The fraction of sp³-hybridized carbons (Fsp3) is 0.263. The maximum absolute atomic E-state index is 12.5. The number of hydrogen-bond donors (Lipinski definition) is 1. The molecule has 0 radical (unpaired) electrons. The molecule has 1 N–H and O–H groups in total. The highest BCUT2D eigenvalue weighted by Gasteiger charge is 2.35. The highest BCUT2D eigenvalue weighted by molar-refractivity contribution is 6.03. The zero-order valence-corrected chi connectivity index (χ0v) is 14.2. The van der Waals surface area contributed by atoms with Crippen LogP contribution in [0, 0.1) is 5.92 Å². The molecule has 0 spiro atoms. The SMILES string of the molecule is COc1ccc(N2CC(C(=O)Nc3cccc(OC)c3)CC2=O)cc1. The van der Waals surface area contributed by atoms with Gasteiger partial charge in [0.05, 0.1) is 20.1 Å². The number of nitrogens with zero attached hydrogens (tertiary/aromatic N) is 1. The molecule has 0 aromatic heterocycles. The Balaban J connectivity index is 1.67. The van der Waals surface area contributed by atoms with E-state index in [1.54, 1.807) is 55.5 Å². The predicted octanol–water partition coefficient (Wildman–Crippen LogP) is 2.70. The lowest BCUT2D eigenvalue weighted by Gasteiger charge is -2.17. The van der Waals surface area contributed by atoms with Crippen molar-refractivity contribution in [1.82, 2.24) is 0 Å². The van der Waals surface area contributed by atoms with Gasteiger partial charge >= 0.3 is 0 Å². The van der Waals surface area contributed by atoms with Gasteiger partial charge in [-0.2, -0.15) is 0 Å². The van der Waals surface area contributed by atoms with Gasteiger partial charge in [0.2, 0.25) is 11.8 Å².